The van der Waals surface area contributed by atoms with Crippen molar-refractivity contribution in [2.24, 2.45) is 5.10 Å². The Balaban J connectivity index is 1.42. The second-order valence-electron chi connectivity index (χ2n) is 7.30. The monoisotopic (exact) mass is 535 g/mol. The third-order valence-corrected chi connectivity index (χ3v) is 6.17. The average Bonchev–Trinajstić information content (AvgIpc) is 3.27. The molecular formula is C25H22BrN5O2S. The zero-order valence-corrected chi connectivity index (χ0v) is 20.8. The van der Waals surface area contributed by atoms with Gasteiger partial charge in [-0.3, -0.25) is 9.36 Å². The summed E-state index contributed by atoms with van der Waals surface area (Å²) in [7, 11) is 0. The van der Waals surface area contributed by atoms with E-state index in [-0.39, 0.29) is 18.3 Å². The van der Waals surface area contributed by atoms with Gasteiger partial charge in [0.25, 0.3) is 5.91 Å². The Morgan fingerprint density at radius 3 is 2.53 bits per heavy atom. The van der Waals surface area contributed by atoms with Crippen molar-refractivity contribution in [3.8, 4) is 11.4 Å². The lowest BCUT2D eigenvalue weighted by atomic mass is 10.2. The van der Waals surface area contributed by atoms with Gasteiger partial charge >= 0.3 is 0 Å². The van der Waals surface area contributed by atoms with Crippen LogP contribution in [0.1, 0.15) is 17.0 Å². The number of halogens is 1. The Morgan fingerprint density at radius 1 is 1.06 bits per heavy atom. The van der Waals surface area contributed by atoms with Gasteiger partial charge in [0.05, 0.1) is 12.0 Å². The number of aryl methyl sites for hydroxylation is 1. The summed E-state index contributed by atoms with van der Waals surface area (Å²) in [4.78, 5) is 12.3. The fraction of sp³-hybridized carbons (Fsp3) is 0.120. The van der Waals surface area contributed by atoms with Crippen molar-refractivity contribution >= 4 is 39.8 Å². The van der Waals surface area contributed by atoms with E-state index in [0.717, 1.165) is 27.0 Å². The molecule has 0 saturated carbocycles. The maximum atomic E-state index is 12.3. The number of ether oxygens (including phenoxy) is 1. The van der Waals surface area contributed by atoms with Crippen molar-refractivity contribution in [1.82, 2.24) is 20.2 Å². The zero-order valence-electron chi connectivity index (χ0n) is 18.4. The summed E-state index contributed by atoms with van der Waals surface area (Å²) in [5.41, 5.74) is 5.50. The summed E-state index contributed by atoms with van der Waals surface area (Å²) in [6.45, 7) is 2.27. The summed E-state index contributed by atoms with van der Waals surface area (Å²) in [5, 5.41) is 13.2. The highest BCUT2D eigenvalue weighted by Gasteiger charge is 2.16. The molecule has 4 aromatic rings. The summed E-state index contributed by atoms with van der Waals surface area (Å²) in [5.74, 6) is 1.30. The first kappa shape index (κ1) is 23.7. The molecule has 1 N–H and O–H groups in total. The molecule has 7 nitrogen and oxygen atoms in total. The summed E-state index contributed by atoms with van der Waals surface area (Å²) in [6, 6.07) is 25.2. The Labute approximate surface area is 210 Å². The van der Waals surface area contributed by atoms with Gasteiger partial charge in [-0.15, -0.1) is 10.2 Å². The molecule has 1 heterocycles. The highest BCUT2D eigenvalue weighted by Crippen LogP contribution is 2.23. The summed E-state index contributed by atoms with van der Waals surface area (Å²) >= 11 is 4.67. The van der Waals surface area contributed by atoms with Gasteiger partial charge < -0.3 is 4.74 Å². The third-order valence-electron chi connectivity index (χ3n) is 4.71. The molecule has 0 fully saturated rings. The Bertz CT molecular complexity index is 1260. The van der Waals surface area contributed by atoms with Gasteiger partial charge in [0.2, 0.25) is 0 Å². The maximum absolute atomic E-state index is 12.3. The lowest BCUT2D eigenvalue weighted by molar-refractivity contribution is -0.118. The largest absolute Gasteiger partial charge is 0.486 e. The standard InChI is InChI=1S/C25H22BrN5O2S/c1-18-7-13-22(14-8-18)33-16-23-28-30-25(31(23)21-5-3-2-4-6-21)34-17-24(32)29-27-15-19-9-11-20(26)12-10-19/h2-15H,16-17H2,1H3,(H,29,32). The fourth-order valence-corrected chi connectivity index (χ4v) is 4.02. The second-order valence-corrected chi connectivity index (χ2v) is 9.16. The molecule has 0 atom stereocenters. The number of hydrogen-bond acceptors (Lipinski definition) is 6. The van der Waals surface area contributed by atoms with E-state index in [9.17, 15) is 4.79 Å². The van der Waals surface area contributed by atoms with Crippen LogP contribution >= 0.6 is 27.7 Å². The Hall–Kier alpha value is -3.43. The number of benzene rings is 3. The molecule has 9 heteroatoms. The number of hydrazone groups is 1. The van der Waals surface area contributed by atoms with Crippen LogP contribution in [0, 0.1) is 6.92 Å². The number of hydrogen-bond donors (Lipinski definition) is 1. The highest BCUT2D eigenvalue weighted by molar-refractivity contribution is 9.10. The molecule has 34 heavy (non-hydrogen) atoms. The van der Waals surface area contributed by atoms with Crippen molar-refractivity contribution in [3.63, 3.8) is 0 Å². The number of carbonyl (C=O) groups is 1. The fourth-order valence-electron chi connectivity index (χ4n) is 3.00. The van der Waals surface area contributed by atoms with E-state index in [1.807, 2.05) is 90.4 Å². The molecule has 3 aromatic carbocycles. The van der Waals surface area contributed by atoms with Gasteiger partial charge in [0.1, 0.15) is 12.4 Å². The molecule has 0 aliphatic carbocycles. The number of rotatable bonds is 9. The number of amides is 1. The van der Waals surface area contributed by atoms with Gasteiger partial charge in [-0.1, -0.05) is 75.7 Å². The van der Waals surface area contributed by atoms with E-state index in [2.05, 4.69) is 36.7 Å². The average molecular weight is 536 g/mol. The minimum absolute atomic E-state index is 0.140. The minimum atomic E-state index is -0.238. The number of carbonyl (C=O) groups excluding carboxylic acids is 1. The van der Waals surface area contributed by atoms with Crippen LogP contribution in [0.15, 0.2) is 93.6 Å². The molecule has 0 aliphatic heterocycles. The van der Waals surface area contributed by atoms with Gasteiger partial charge in [0, 0.05) is 10.2 Å². The maximum Gasteiger partial charge on any atom is 0.250 e. The topological polar surface area (TPSA) is 81.4 Å². The van der Waals surface area contributed by atoms with Gasteiger partial charge in [-0.25, -0.2) is 5.43 Å². The van der Waals surface area contributed by atoms with Crippen LogP contribution in [0.5, 0.6) is 5.75 Å². The molecule has 0 unspecified atom stereocenters. The van der Waals surface area contributed by atoms with Crippen LogP contribution < -0.4 is 10.2 Å². The van der Waals surface area contributed by atoms with Crippen molar-refractivity contribution in [3.05, 3.63) is 100 Å². The third kappa shape index (κ3) is 6.55. The van der Waals surface area contributed by atoms with Gasteiger partial charge in [-0.05, 0) is 48.9 Å². The summed E-state index contributed by atoms with van der Waals surface area (Å²) in [6.07, 6.45) is 1.60. The number of nitrogens with zero attached hydrogens (tertiary/aromatic N) is 4. The van der Waals surface area contributed by atoms with Crippen LogP contribution in [0.2, 0.25) is 0 Å². The molecule has 0 bridgehead atoms. The van der Waals surface area contributed by atoms with Crippen LogP contribution in [-0.4, -0.2) is 32.6 Å². The van der Waals surface area contributed by atoms with Crippen LogP contribution in [0.3, 0.4) is 0 Å². The number of para-hydroxylation sites is 1. The molecule has 172 valence electrons. The van der Waals surface area contributed by atoms with E-state index in [0.29, 0.717) is 11.0 Å². The van der Waals surface area contributed by atoms with Crippen LogP contribution in [-0.2, 0) is 11.4 Å². The van der Waals surface area contributed by atoms with Crippen molar-refractivity contribution in [1.29, 1.82) is 0 Å². The van der Waals surface area contributed by atoms with E-state index < -0.39 is 0 Å². The molecule has 1 amide bonds. The molecule has 0 spiro atoms. The van der Waals surface area contributed by atoms with E-state index in [1.54, 1.807) is 6.21 Å². The van der Waals surface area contributed by atoms with Gasteiger partial charge in [-0.2, -0.15) is 5.10 Å². The zero-order chi connectivity index (χ0) is 23.8. The van der Waals surface area contributed by atoms with E-state index in [4.69, 9.17) is 4.74 Å². The first-order valence-electron chi connectivity index (χ1n) is 10.5. The number of thioether (sulfide) groups is 1. The van der Waals surface area contributed by atoms with Crippen molar-refractivity contribution in [2.75, 3.05) is 5.75 Å². The van der Waals surface area contributed by atoms with E-state index in [1.165, 1.54) is 11.8 Å². The highest BCUT2D eigenvalue weighted by atomic mass is 79.9. The Morgan fingerprint density at radius 2 is 1.79 bits per heavy atom. The smallest absolute Gasteiger partial charge is 0.250 e. The molecule has 4 rings (SSSR count). The molecule has 0 radical (unpaired) electrons. The first-order chi connectivity index (χ1) is 16.6. The summed E-state index contributed by atoms with van der Waals surface area (Å²) < 4.78 is 8.80. The quantitative estimate of drug-likeness (QED) is 0.182. The number of aromatic nitrogens is 3. The SMILES string of the molecule is Cc1ccc(OCc2nnc(SCC(=O)NN=Cc3ccc(Br)cc3)n2-c2ccccc2)cc1. The second kappa shape index (κ2) is 11.6. The van der Waals surface area contributed by atoms with E-state index >= 15 is 0 Å². The molecule has 1 aromatic heterocycles. The predicted molar refractivity (Wildman–Crippen MR) is 137 cm³/mol. The Kier molecular flexibility index (Phi) is 8.11. The van der Waals surface area contributed by atoms with Crippen LogP contribution in [0.25, 0.3) is 5.69 Å². The molecule has 0 aliphatic rings. The molecular weight excluding hydrogens is 514 g/mol. The normalized spacial score (nSPS) is 11.0. The lowest BCUT2D eigenvalue weighted by Gasteiger charge is -2.11. The van der Waals surface area contributed by atoms with Crippen LogP contribution in [0.4, 0.5) is 0 Å². The lowest BCUT2D eigenvalue weighted by Crippen LogP contribution is -2.20. The predicted octanol–water partition coefficient (Wildman–Crippen LogP) is 5.16. The van der Waals surface area contributed by atoms with Crippen molar-refractivity contribution in [2.45, 2.75) is 18.7 Å². The first-order valence-corrected chi connectivity index (χ1v) is 12.3. The van der Waals surface area contributed by atoms with Gasteiger partial charge in [0.15, 0.2) is 11.0 Å². The molecule has 0 saturated heterocycles. The van der Waals surface area contributed by atoms with Crippen molar-refractivity contribution < 1.29 is 9.53 Å². The number of nitrogens with one attached hydrogen (secondary N) is 1. The minimum Gasteiger partial charge on any atom is -0.486 e.